The zero-order chi connectivity index (χ0) is 16.2. The smallest absolute Gasteiger partial charge is 0.498 e. The van der Waals surface area contributed by atoms with Crippen LogP contribution in [0.15, 0.2) is 12.1 Å². The second-order valence-electron chi connectivity index (χ2n) is 6.26. The first kappa shape index (κ1) is 16.2. The van der Waals surface area contributed by atoms with Gasteiger partial charge in [0.1, 0.15) is 5.75 Å². The van der Waals surface area contributed by atoms with E-state index in [4.69, 9.17) is 9.31 Å². The fraction of sp³-hybridized carbons (Fsp3) is 0.571. The van der Waals surface area contributed by atoms with Crippen LogP contribution in [0.5, 0.6) is 5.75 Å². The van der Waals surface area contributed by atoms with Crippen molar-refractivity contribution in [3.05, 3.63) is 23.3 Å². The molecule has 1 aliphatic heterocycles. The number of rotatable bonds is 1. The SMILES string of the molecule is Cc1c(C(F)(F)F)ccc(B2OC(C)(C)C(C)(C)O2)c1O. The molecule has 0 radical (unpaired) electrons. The summed E-state index contributed by atoms with van der Waals surface area (Å²) in [6.45, 7) is 8.57. The van der Waals surface area contributed by atoms with Crippen molar-refractivity contribution in [1.82, 2.24) is 0 Å². The minimum absolute atomic E-state index is 0.208. The predicted octanol–water partition coefficient (Wildman–Crippen LogP) is 3.02. The van der Waals surface area contributed by atoms with Gasteiger partial charge in [-0.05, 0) is 40.7 Å². The average molecular weight is 302 g/mol. The van der Waals surface area contributed by atoms with Crippen LogP contribution < -0.4 is 5.46 Å². The van der Waals surface area contributed by atoms with Crippen molar-refractivity contribution < 1.29 is 27.6 Å². The minimum atomic E-state index is -4.50. The van der Waals surface area contributed by atoms with Crippen LogP contribution in [-0.2, 0) is 15.5 Å². The summed E-state index contributed by atoms with van der Waals surface area (Å²) in [6.07, 6.45) is -4.50. The second kappa shape index (κ2) is 4.65. The van der Waals surface area contributed by atoms with Crippen LogP contribution >= 0.6 is 0 Å². The topological polar surface area (TPSA) is 38.7 Å². The molecule has 2 rings (SSSR count). The van der Waals surface area contributed by atoms with Crippen LogP contribution in [0, 0.1) is 6.92 Å². The second-order valence-corrected chi connectivity index (χ2v) is 6.26. The van der Waals surface area contributed by atoms with Gasteiger partial charge >= 0.3 is 13.3 Å². The lowest BCUT2D eigenvalue weighted by molar-refractivity contribution is -0.138. The van der Waals surface area contributed by atoms with Gasteiger partial charge in [-0.1, -0.05) is 6.07 Å². The number of hydrogen-bond donors (Lipinski definition) is 1. The standard InChI is InChI=1S/C14H18BF3O3/c1-8-9(14(16,17)18)6-7-10(11(8)19)15-20-12(2,3)13(4,5)21-15/h6-7,19H,1-5H3. The monoisotopic (exact) mass is 302 g/mol. The van der Waals surface area contributed by atoms with E-state index in [0.29, 0.717) is 0 Å². The Hall–Kier alpha value is -1.21. The maximum atomic E-state index is 12.8. The van der Waals surface area contributed by atoms with Gasteiger partial charge in [0, 0.05) is 11.0 Å². The molecule has 0 aromatic heterocycles. The lowest BCUT2D eigenvalue weighted by atomic mass is 9.76. The Balaban J connectivity index is 2.43. The van der Waals surface area contributed by atoms with E-state index in [1.54, 1.807) is 0 Å². The summed E-state index contributed by atoms with van der Waals surface area (Å²) in [7, 11) is -0.893. The summed E-state index contributed by atoms with van der Waals surface area (Å²) in [6, 6.07) is 2.14. The normalized spacial score (nSPS) is 20.9. The van der Waals surface area contributed by atoms with Gasteiger partial charge in [0.2, 0.25) is 0 Å². The number of benzene rings is 1. The highest BCUT2D eigenvalue weighted by Gasteiger charge is 2.52. The van der Waals surface area contributed by atoms with Crippen LogP contribution in [0.25, 0.3) is 0 Å². The van der Waals surface area contributed by atoms with E-state index >= 15 is 0 Å². The average Bonchev–Trinajstić information content (AvgIpc) is 2.50. The summed E-state index contributed by atoms with van der Waals surface area (Å²) in [5, 5.41) is 10.1. The van der Waals surface area contributed by atoms with Crippen molar-refractivity contribution in [2.75, 3.05) is 0 Å². The van der Waals surface area contributed by atoms with E-state index in [1.807, 2.05) is 27.7 Å². The molecule has 0 spiro atoms. The maximum Gasteiger partial charge on any atom is 0.498 e. The first-order chi connectivity index (χ1) is 9.37. The van der Waals surface area contributed by atoms with Crippen molar-refractivity contribution in [3.63, 3.8) is 0 Å². The predicted molar refractivity (Wildman–Crippen MR) is 73.6 cm³/mol. The van der Waals surface area contributed by atoms with E-state index in [9.17, 15) is 18.3 Å². The molecule has 21 heavy (non-hydrogen) atoms. The molecular weight excluding hydrogens is 284 g/mol. The number of alkyl halides is 3. The molecule has 0 bridgehead atoms. The van der Waals surface area contributed by atoms with Gasteiger partial charge in [-0.3, -0.25) is 0 Å². The molecule has 0 saturated carbocycles. The van der Waals surface area contributed by atoms with Crippen LogP contribution in [0.2, 0.25) is 0 Å². The highest BCUT2D eigenvalue weighted by molar-refractivity contribution is 6.63. The lowest BCUT2D eigenvalue weighted by Crippen LogP contribution is -2.41. The Morgan fingerprint density at radius 3 is 1.95 bits per heavy atom. The van der Waals surface area contributed by atoms with Crippen LogP contribution in [0.4, 0.5) is 13.2 Å². The molecule has 1 aromatic carbocycles. The Labute approximate surface area is 122 Å². The van der Waals surface area contributed by atoms with Crippen LogP contribution in [0.3, 0.4) is 0 Å². The van der Waals surface area contributed by atoms with E-state index in [1.165, 1.54) is 13.0 Å². The number of phenolic OH excluding ortho intramolecular Hbond substituents is 1. The molecule has 1 N–H and O–H groups in total. The largest absolute Gasteiger partial charge is 0.508 e. The van der Waals surface area contributed by atoms with Crippen molar-refractivity contribution in [2.24, 2.45) is 0 Å². The van der Waals surface area contributed by atoms with E-state index in [-0.39, 0.29) is 11.0 Å². The molecule has 1 heterocycles. The number of phenols is 1. The van der Waals surface area contributed by atoms with Gasteiger partial charge in [0.15, 0.2) is 0 Å². The molecule has 1 saturated heterocycles. The van der Waals surface area contributed by atoms with Crippen LogP contribution in [0.1, 0.15) is 38.8 Å². The maximum absolute atomic E-state index is 12.8. The zero-order valence-electron chi connectivity index (χ0n) is 12.6. The summed E-state index contributed by atoms with van der Waals surface area (Å²) < 4.78 is 49.9. The van der Waals surface area contributed by atoms with Gasteiger partial charge in [-0.2, -0.15) is 13.2 Å². The molecule has 116 valence electrons. The summed E-state index contributed by atoms with van der Waals surface area (Å²) in [5.74, 6) is -0.441. The van der Waals surface area contributed by atoms with Gasteiger partial charge in [-0.15, -0.1) is 0 Å². The third kappa shape index (κ3) is 2.64. The van der Waals surface area contributed by atoms with E-state index < -0.39 is 35.8 Å². The highest BCUT2D eigenvalue weighted by atomic mass is 19.4. The van der Waals surface area contributed by atoms with Crippen molar-refractivity contribution in [3.8, 4) is 5.75 Å². The first-order valence-corrected chi connectivity index (χ1v) is 6.62. The molecule has 0 atom stereocenters. The third-order valence-corrected chi connectivity index (χ3v) is 4.27. The molecule has 7 heteroatoms. The summed E-state index contributed by atoms with van der Waals surface area (Å²) in [4.78, 5) is 0. The summed E-state index contributed by atoms with van der Waals surface area (Å²) in [5.41, 5.74) is -2.13. The zero-order valence-corrected chi connectivity index (χ0v) is 12.6. The fourth-order valence-corrected chi connectivity index (χ4v) is 2.19. The van der Waals surface area contributed by atoms with Crippen molar-refractivity contribution >= 4 is 12.6 Å². The van der Waals surface area contributed by atoms with Gasteiger partial charge in [0.05, 0.1) is 16.8 Å². The van der Waals surface area contributed by atoms with Gasteiger partial charge in [0.25, 0.3) is 0 Å². The number of aromatic hydroxyl groups is 1. The molecule has 1 aromatic rings. The fourth-order valence-electron chi connectivity index (χ4n) is 2.19. The first-order valence-electron chi connectivity index (χ1n) is 6.62. The Morgan fingerprint density at radius 2 is 1.52 bits per heavy atom. The van der Waals surface area contributed by atoms with Gasteiger partial charge < -0.3 is 14.4 Å². The molecule has 1 fully saturated rings. The van der Waals surface area contributed by atoms with Crippen LogP contribution in [-0.4, -0.2) is 23.4 Å². The highest BCUT2D eigenvalue weighted by Crippen LogP contribution is 2.39. The van der Waals surface area contributed by atoms with E-state index in [2.05, 4.69) is 0 Å². The lowest BCUT2D eigenvalue weighted by Gasteiger charge is -2.32. The Bertz CT molecular complexity index is 551. The third-order valence-electron chi connectivity index (χ3n) is 4.27. The molecule has 0 unspecified atom stereocenters. The summed E-state index contributed by atoms with van der Waals surface area (Å²) >= 11 is 0. The van der Waals surface area contributed by atoms with Crippen molar-refractivity contribution in [2.45, 2.75) is 52.0 Å². The Morgan fingerprint density at radius 1 is 1.05 bits per heavy atom. The molecule has 0 amide bonds. The molecule has 3 nitrogen and oxygen atoms in total. The van der Waals surface area contributed by atoms with E-state index in [0.717, 1.165) is 6.07 Å². The molecule has 0 aliphatic carbocycles. The van der Waals surface area contributed by atoms with Crippen molar-refractivity contribution in [1.29, 1.82) is 0 Å². The number of hydrogen-bond acceptors (Lipinski definition) is 3. The molecule has 1 aliphatic rings. The Kier molecular flexibility index (Phi) is 3.58. The number of halogens is 3. The minimum Gasteiger partial charge on any atom is -0.508 e. The quantitative estimate of drug-likeness (QED) is 0.811. The van der Waals surface area contributed by atoms with Gasteiger partial charge in [-0.25, -0.2) is 0 Å². The molecular formula is C14H18BF3O3.